The molecule has 0 spiro atoms. The van der Waals surface area contributed by atoms with E-state index in [0.717, 1.165) is 31.1 Å². The average molecular weight is 334 g/mol. The monoisotopic (exact) mass is 334 g/mol. The molecular weight excluding hydrogens is 304 g/mol. The molecule has 0 saturated carbocycles. The van der Waals surface area contributed by atoms with Gasteiger partial charge in [-0.3, -0.25) is 0 Å². The van der Waals surface area contributed by atoms with Gasteiger partial charge in [0, 0.05) is 5.56 Å². The van der Waals surface area contributed by atoms with Crippen LogP contribution in [0.2, 0.25) is 0 Å². The smallest absolute Gasteiger partial charge is 0.126 e. The second-order valence-corrected chi connectivity index (χ2v) is 6.78. The molecule has 2 atom stereocenters. The Morgan fingerprint density at radius 2 is 1.42 bits per heavy atom. The number of epoxide rings is 2. The first-order valence-corrected chi connectivity index (χ1v) is 9.47. The molecule has 2 aliphatic heterocycles. The number of benzene rings is 1. The fourth-order valence-electron chi connectivity index (χ4n) is 2.84. The third-order valence-electron chi connectivity index (χ3n) is 4.52. The summed E-state index contributed by atoms with van der Waals surface area (Å²) < 4.78 is 22.5. The van der Waals surface area contributed by atoms with Crippen LogP contribution in [-0.4, -0.2) is 38.6 Å². The molecule has 24 heavy (non-hydrogen) atoms. The highest BCUT2D eigenvalue weighted by Gasteiger charge is 2.25. The number of rotatable bonds is 13. The average Bonchev–Trinajstić information content (AvgIpc) is 3.49. The van der Waals surface area contributed by atoms with Gasteiger partial charge >= 0.3 is 0 Å². The summed E-state index contributed by atoms with van der Waals surface area (Å²) in [5.74, 6) is 1.90. The van der Waals surface area contributed by atoms with Crippen LogP contribution >= 0.6 is 0 Å². The van der Waals surface area contributed by atoms with Crippen molar-refractivity contribution in [3.8, 4) is 11.5 Å². The van der Waals surface area contributed by atoms with E-state index >= 15 is 0 Å². The third-order valence-corrected chi connectivity index (χ3v) is 4.52. The van der Waals surface area contributed by atoms with Gasteiger partial charge in [0.15, 0.2) is 0 Å². The van der Waals surface area contributed by atoms with E-state index in [1.165, 1.54) is 44.1 Å². The van der Waals surface area contributed by atoms with E-state index in [2.05, 4.69) is 19.1 Å². The first-order chi connectivity index (χ1) is 11.9. The van der Waals surface area contributed by atoms with Gasteiger partial charge in [-0.15, -0.1) is 0 Å². The van der Waals surface area contributed by atoms with Crippen LogP contribution in [-0.2, 0) is 15.9 Å². The minimum absolute atomic E-state index is 0.274. The molecule has 0 aromatic heterocycles. The Morgan fingerprint density at radius 1 is 0.875 bits per heavy atom. The van der Waals surface area contributed by atoms with E-state index in [0.29, 0.717) is 13.2 Å². The Labute approximate surface area is 145 Å². The second-order valence-electron chi connectivity index (χ2n) is 6.78. The topological polar surface area (TPSA) is 43.5 Å². The van der Waals surface area contributed by atoms with E-state index in [9.17, 15) is 0 Å². The summed E-state index contributed by atoms with van der Waals surface area (Å²) in [4.78, 5) is 0. The lowest BCUT2D eigenvalue weighted by molar-refractivity contribution is 0.248. The van der Waals surface area contributed by atoms with Gasteiger partial charge in [-0.05, 0) is 25.0 Å². The molecule has 2 aliphatic rings. The van der Waals surface area contributed by atoms with Crippen LogP contribution in [0.5, 0.6) is 11.5 Å². The zero-order valence-electron chi connectivity index (χ0n) is 14.8. The van der Waals surface area contributed by atoms with Gasteiger partial charge in [-0.1, -0.05) is 45.1 Å². The quantitative estimate of drug-likeness (QED) is 0.401. The Hall–Kier alpha value is -1.26. The maximum absolute atomic E-state index is 5.98. The maximum atomic E-state index is 5.98. The SMILES string of the molecule is CCCCCCCCc1c(OCC2CO2)cccc1OCC1CO1. The van der Waals surface area contributed by atoms with Gasteiger partial charge in [0.05, 0.1) is 13.2 Å². The first-order valence-electron chi connectivity index (χ1n) is 9.47. The predicted molar refractivity (Wildman–Crippen MR) is 94.0 cm³/mol. The molecule has 4 nitrogen and oxygen atoms in total. The van der Waals surface area contributed by atoms with E-state index in [1.54, 1.807) is 0 Å². The van der Waals surface area contributed by atoms with Crippen LogP contribution in [0.25, 0.3) is 0 Å². The summed E-state index contributed by atoms with van der Waals surface area (Å²) in [7, 11) is 0. The lowest BCUT2D eigenvalue weighted by Gasteiger charge is -2.16. The standard InChI is InChI=1S/C20H30O4/c1-2-3-4-5-6-7-9-18-19(23-14-16-12-21-16)10-8-11-20(18)24-15-17-13-22-17/h8,10-11,16-17H,2-7,9,12-15H2,1H3. The summed E-state index contributed by atoms with van der Waals surface area (Å²) in [5.41, 5.74) is 1.20. The Balaban J connectivity index is 1.54. The van der Waals surface area contributed by atoms with Gasteiger partial charge in [0.25, 0.3) is 0 Å². The predicted octanol–water partition coefficient (Wildman–Crippen LogP) is 4.14. The summed E-state index contributed by atoms with van der Waals surface area (Å²) in [6.45, 7) is 5.17. The number of unbranched alkanes of at least 4 members (excludes halogenated alkanes) is 5. The molecule has 0 N–H and O–H groups in total. The Bertz CT molecular complexity index is 460. The molecule has 2 unspecified atom stereocenters. The van der Waals surface area contributed by atoms with Gasteiger partial charge < -0.3 is 18.9 Å². The van der Waals surface area contributed by atoms with E-state index < -0.39 is 0 Å². The normalized spacial score (nSPS) is 21.5. The van der Waals surface area contributed by atoms with Crippen LogP contribution in [0.15, 0.2) is 18.2 Å². The largest absolute Gasteiger partial charge is 0.490 e. The van der Waals surface area contributed by atoms with Crippen molar-refractivity contribution >= 4 is 0 Å². The molecule has 134 valence electrons. The molecule has 2 heterocycles. The van der Waals surface area contributed by atoms with Gasteiger partial charge in [-0.2, -0.15) is 0 Å². The highest BCUT2D eigenvalue weighted by molar-refractivity contribution is 5.45. The Kier molecular flexibility index (Phi) is 6.79. The number of hydrogen-bond acceptors (Lipinski definition) is 4. The van der Waals surface area contributed by atoms with Crippen molar-refractivity contribution in [3.05, 3.63) is 23.8 Å². The highest BCUT2D eigenvalue weighted by Crippen LogP contribution is 2.32. The zero-order valence-corrected chi connectivity index (χ0v) is 14.8. The van der Waals surface area contributed by atoms with Crippen molar-refractivity contribution in [2.24, 2.45) is 0 Å². The van der Waals surface area contributed by atoms with Crippen molar-refractivity contribution in [2.45, 2.75) is 64.1 Å². The van der Waals surface area contributed by atoms with Gasteiger partial charge in [0.1, 0.15) is 36.9 Å². The van der Waals surface area contributed by atoms with Gasteiger partial charge in [-0.25, -0.2) is 0 Å². The lowest BCUT2D eigenvalue weighted by Crippen LogP contribution is -2.09. The molecule has 2 saturated heterocycles. The van der Waals surface area contributed by atoms with Crippen LogP contribution in [0.3, 0.4) is 0 Å². The van der Waals surface area contributed by atoms with Crippen LogP contribution < -0.4 is 9.47 Å². The highest BCUT2D eigenvalue weighted by atomic mass is 16.6. The van der Waals surface area contributed by atoms with E-state index in [4.69, 9.17) is 18.9 Å². The van der Waals surface area contributed by atoms with E-state index in [-0.39, 0.29) is 12.2 Å². The molecule has 0 aliphatic carbocycles. The molecule has 0 radical (unpaired) electrons. The number of ether oxygens (including phenoxy) is 4. The summed E-state index contributed by atoms with van der Waals surface area (Å²) in [6, 6.07) is 6.11. The number of hydrogen-bond donors (Lipinski definition) is 0. The molecule has 0 amide bonds. The molecule has 2 fully saturated rings. The minimum atomic E-state index is 0.274. The molecule has 1 aromatic rings. The molecule has 3 rings (SSSR count). The summed E-state index contributed by atoms with van der Waals surface area (Å²) in [6.07, 6.45) is 9.31. The van der Waals surface area contributed by atoms with Crippen molar-refractivity contribution in [2.75, 3.05) is 26.4 Å². The lowest BCUT2D eigenvalue weighted by atomic mass is 10.0. The molecule has 1 aromatic carbocycles. The van der Waals surface area contributed by atoms with Crippen LogP contribution in [0.4, 0.5) is 0 Å². The van der Waals surface area contributed by atoms with Crippen LogP contribution in [0, 0.1) is 0 Å². The fourth-order valence-corrected chi connectivity index (χ4v) is 2.84. The summed E-state index contributed by atoms with van der Waals surface area (Å²) in [5, 5.41) is 0. The zero-order chi connectivity index (χ0) is 16.6. The van der Waals surface area contributed by atoms with Gasteiger partial charge in [0.2, 0.25) is 0 Å². The minimum Gasteiger partial charge on any atom is -0.490 e. The van der Waals surface area contributed by atoms with Crippen molar-refractivity contribution in [3.63, 3.8) is 0 Å². The third kappa shape index (κ3) is 5.99. The Morgan fingerprint density at radius 3 is 1.96 bits per heavy atom. The van der Waals surface area contributed by atoms with Crippen molar-refractivity contribution in [1.82, 2.24) is 0 Å². The van der Waals surface area contributed by atoms with Crippen molar-refractivity contribution in [1.29, 1.82) is 0 Å². The summed E-state index contributed by atoms with van der Waals surface area (Å²) >= 11 is 0. The van der Waals surface area contributed by atoms with E-state index in [1.807, 2.05) is 6.07 Å². The molecule has 0 bridgehead atoms. The second kappa shape index (κ2) is 9.28. The van der Waals surface area contributed by atoms with Crippen molar-refractivity contribution < 1.29 is 18.9 Å². The molecule has 4 heteroatoms. The molecular formula is C20H30O4. The first kappa shape index (κ1) is 17.6. The fraction of sp³-hybridized carbons (Fsp3) is 0.700. The van der Waals surface area contributed by atoms with Crippen LogP contribution in [0.1, 0.15) is 51.0 Å². The maximum Gasteiger partial charge on any atom is 0.126 e.